The third-order valence-electron chi connectivity index (χ3n) is 6.29. The zero-order chi connectivity index (χ0) is 17.9. The van der Waals surface area contributed by atoms with Gasteiger partial charge in [-0.2, -0.15) is 12.7 Å². The predicted molar refractivity (Wildman–Crippen MR) is 95.5 cm³/mol. The van der Waals surface area contributed by atoms with Crippen LogP contribution in [0, 0.1) is 5.92 Å². The molecule has 2 saturated heterocycles. The van der Waals surface area contributed by atoms with E-state index in [0.29, 0.717) is 32.5 Å². The Bertz CT molecular complexity index is 560. The summed E-state index contributed by atoms with van der Waals surface area (Å²) < 4.78 is 29.7. The molecule has 0 bridgehead atoms. The molecule has 2 heterocycles. The number of hydrogen-bond donors (Lipinski definition) is 2. The maximum atomic E-state index is 12.7. The van der Waals surface area contributed by atoms with Gasteiger partial charge in [0.25, 0.3) is 10.2 Å². The Kier molecular flexibility index (Phi) is 6.03. The van der Waals surface area contributed by atoms with Gasteiger partial charge in [-0.05, 0) is 51.6 Å². The molecule has 0 aromatic heterocycles. The van der Waals surface area contributed by atoms with Crippen LogP contribution < -0.4 is 4.72 Å². The van der Waals surface area contributed by atoms with Crippen molar-refractivity contribution in [1.29, 1.82) is 0 Å². The molecule has 7 nitrogen and oxygen atoms in total. The highest BCUT2D eigenvalue weighted by atomic mass is 32.2. The van der Waals surface area contributed by atoms with Crippen LogP contribution in [0.1, 0.15) is 57.8 Å². The van der Waals surface area contributed by atoms with Gasteiger partial charge in [0.2, 0.25) is 0 Å². The summed E-state index contributed by atoms with van der Waals surface area (Å²) in [5, 5.41) is 9.06. The summed E-state index contributed by atoms with van der Waals surface area (Å²) >= 11 is 0. The Labute approximate surface area is 150 Å². The topological polar surface area (TPSA) is 90.0 Å². The van der Waals surface area contributed by atoms with E-state index >= 15 is 0 Å². The highest BCUT2D eigenvalue weighted by molar-refractivity contribution is 7.87. The maximum absolute atomic E-state index is 12.7. The van der Waals surface area contributed by atoms with Gasteiger partial charge in [0.05, 0.1) is 5.92 Å². The summed E-state index contributed by atoms with van der Waals surface area (Å²) in [4.78, 5) is 13.6. The molecule has 0 unspecified atom stereocenters. The van der Waals surface area contributed by atoms with Crippen LogP contribution in [-0.2, 0) is 15.0 Å². The Hall–Kier alpha value is -0.700. The number of likely N-dealkylation sites (tertiary alicyclic amines) is 1. The number of rotatable bonds is 6. The standard InChI is InChI=1S/C17H31N3O4S/c21-16(22)15-6-12-20(13-7-15)25(23,24)18-14-17(8-2-3-9-17)19-10-4-1-5-11-19/h15,18H,1-14H2,(H,21,22). The molecule has 25 heavy (non-hydrogen) atoms. The molecule has 3 fully saturated rings. The minimum Gasteiger partial charge on any atom is -0.481 e. The first-order valence-corrected chi connectivity index (χ1v) is 11.1. The molecule has 8 heteroatoms. The van der Waals surface area contributed by atoms with E-state index in [1.54, 1.807) is 0 Å². The van der Waals surface area contributed by atoms with Gasteiger partial charge in [0, 0.05) is 25.2 Å². The molecule has 144 valence electrons. The number of carbonyl (C=O) groups is 1. The monoisotopic (exact) mass is 373 g/mol. The molecule has 0 aromatic carbocycles. The second-order valence-electron chi connectivity index (χ2n) is 7.82. The van der Waals surface area contributed by atoms with E-state index in [9.17, 15) is 13.2 Å². The molecular weight excluding hydrogens is 342 g/mol. The van der Waals surface area contributed by atoms with Gasteiger partial charge in [-0.15, -0.1) is 0 Å². The van der Waals surface area contributed by atoms with Crippen LogP contribution in [0.2, 0.25) is 0 Å². The van der Waals surface area contributed by atoms with Gasteiger partial charge in [-0.25, -0.2) is 4.72 Å². The average molecular weight is 374 g/mol. The van der Waals surface area contributed by atoms with Gasteiger partial charge in [0.15, 0.2) is 0 Å². The van der Waals surface area contributed by atoms with E-state index in [0.717, 1.165) is 25.9 Å². The lowest BCUT2D eigenvalue weighted by Crippen LogP contribution is -2.57. The molecule has 0 radical (unpaired) electrons. The van der Waals surface area contributed by atoms with E-state index in [4.69, 9.17) is 5.11 Å². The first-order valence-electron chi connectivity index (χ1n) is 9.66. The fourth-order valence-electron chi connectivity index (χ4n) is 4.67. The quantitative estimate of drug-likeness (QED) is 0.735. The van der Waals surface area contributed by atoms with Gasteiger partial charge in [-0.1, -0.05) is 19.3 Å². The molecule has 1 saturated carbocycles. The lowest BCUT2D eigenvalue weighted by atomic mass is 9.92. The number of piperidine rings is 2. The van der Waals surface area contributed by atoms with Crippen molar-refractivity contribution < 1.29 is 18.3 Å². The van der Waals surface area contributed by atoms with E-state index in [-0.39, 0.29) is 5.54 Å². The zero-order valence-corrected chi connectivity index (χ0v) is 15.8. The average Bonchev–Trinajstić information content (AvgIpc) is 3.11. The van der Waals surface area contributed by atoms with Crippen LogP contribution in [0.25, 0.3) is 0 Å². The van der Waals surface area contributed by atoms with Crippen molar-refractivity contribution >= 4 is 16.2 Å². The fourth-order valence-corrected chi connectivity index (χ4v) is 5.99. The molecule has 3 aliphatic rings. The van der Waals surface area contributed by atoms with Crippen LogP contribution in [0.5, 0.6) is 0 Å². The molecule has 0 amide bonds. The van der Waals surface area contributed by atoms with Crippen LogP contribution in [-0.4, -0.2) is 67.0 Å². The molecular formula is C17H31N3O4S. The zero-order valence-electron chi connectivity index (χ0n) is 15.0. The smallest absolute Gasteiger partial charge is 0.306 e. The summed E-state index contributed by atoms with van der Waals surface area (Å²) in [6, 6.07) is 0. The normalized spacial score (nSPS) is 26.7. The summed E-state index contributed by atoms with van der Waals surface area (Å²) in [7, 11) is -3.53. The summed E-state index contributed by atoms with van der Waals surface area (Å²) in [6.07, 6.45) is 8.95. The molecule has 3 rings (SSSR count). The minimum absolute atomic E-state index is 0.0210. The van der Waals surface area contributed by atoms with Gasteiger partial charge >= 0.3 is 5.97 Å². The second-order valence-corrected chi connectivity index (χ2v) is 9.57. The number of carboxylic acids is 1. The Morgan fingerprint density at radius 1 is 1.00 bits per heavy atom. The SMILES string of the molecule is O=C(O)C1CCN(S(=O)(=O)NCC2(N3CCCCC3)CCCC2)CC1. The first-order chi connectivity index (χ1) is 11.9. The molecule has 2 aliphatic heterocycles. The Morgan fingerprint density at radius 3 is 2.16 bits per heavy atom. The number of aliphatic carboxylic acids is 1. The van der Waals surface area contributed by atoms with E-state index in [2.05, 4.69) is 9.62 Å². The minimum atomic E-state index is -3.53. The third-order valence-corrected chi connectivity index (χ3v) is 7.84. The highest BCUT2D eigenvalue weighted by Crippen LogP contribution is 2.36. The van der Waals surface area contributed by atoms with Crippen molar-refractivity contribution in [3.63, 3.8) is 0 Å². The largest absolute Gasteiger partial charge is 0.481 e. The van der Waals surface area contributed by atoms with Gasteiger partial charge < -0.3 is 5.11 Å². The van der Waals surface area contributed by atoms with Crippen LogP contribution in [0.4, 0.5) is 0 Å². The van der Waals surface area contributed by atoms with Crippen LogP contribution in [0.3, 0.4) is 0 Å². The molecule has 0 aromatic rings. The third kappa shape index (κ3) is 4.35. The van der Waals surface area contributed by atoms with Crippen molar-refractivity contribution in [2.45, 2.75) is 63.3 Å². The Balaban J connectivity index is 1.59. The first kappa shape index (κ1) is 19.1. The van der Waals surface area contributed by atoms with Gasteiger partial charge in [-0.3, -0.25) is 9.69 Å². The molecule has 0 atom stereocenters. The molecule has 0 spiro atoms. The van der Waals surface area contributed by atoms with Crippen molar-refractivity contribution in [2.24, 2.45) is 5.92 Å². The van der Waals surface area contributed by atoms with Gasteiger partial charge in [0.1, 0.15) is 0 Å². The van der Waals surface area contributed by atoms with Crippen LogP contribution in [0.15, 0.2) is 0 Å². The summed E-state index contributed by atoms with van der Waals surface area (Å²) in [5.74, 6) is -1.24. The van der Waals surface area contributed by atoms with Crippen molar-refractivity contribution in [3.8, 4) is 0 Å². The second kappa shape index (κ2) is 7.90. The van der Waals surface area contributed by atoms with E-state index in [1.807, 2.05) is 0 Å². The number of hydrogen-bond acceptors (Lipinski definition) is 4. The van der Waals surface area contributed by atoms with E-state index in [1.165, 1.54) is 36.4 Å². The van der Waals surface area contributed by atoms with Crippen molar-refractivity contribution in [3.05, 3.63) is 0 Å². The number of carboxylic acid groups (broad SMARTS) is 1. The van der Waals surface area contributed by atoms with Crippen LogP contribution >= 0.6 is 0 Å². The molecule has 2 N–H and O–H groups in total. The predicted octanol–water partition coefficient (Wildman–Crippen LogP) is 1.42. The summed E-state index contributed by atoms with van der Waals surface area (Å²) in [5.41, 5.74) is -0.0210. The fraction of sp³-hybridized carbons (Fsp3) is 0.941. The van der Waals surface area contributed by atoms with Crippen molar-refractivity contribution in [2.75, 3.05) is 32.7 Å². The van der Waals surface area contributed by atoms with E-state index < -0.39 is 22.1 Å². The number of nitrogens with one attached hydrogen (secondary N) is 1. The summed E-state index contributed by atoms with van der Waals surface area (Å²) in [6.45, 7) is 3.22. The highest BCUT2D eigenvalue weighted by Gasteiger charge is 2.41. The Morgan fingerprint density at radius 2 is 1.60 bits per heavy atom. The lowest BCUT2D eigenvalue weighted by molar-refractivity contribution is -0.142. The number of nitrogens with zero attached hydrogens (tertiary/aromatic N) is 2. The maximum Gasteiger partial charge on any atom is 0.306 e. The lowest BCUT2D eigenvalue weighted by Gasteiger charge is -2.44. The molecule has 1 aliphatic carbocycles. The van der Waals surface area contributed by atoms with Crippen molar-refractivity contribution in [1.82, 2.24) is 13.9 Å².